The van der Waals surface area contributed by atoms with Crippen molar-refractivity contribution in [3.63, 3.8) is 0 Å². The Kier molecular flexibility index (Phi) is 8.47. The number of hydrogen-bond acceptors (Lipinski definition) is 10. The van der Waals surface area contributed by atoms with Crippen molar-refractivity contribution < 1.29 is 48.0 Å². The average Bonchev–Trinajstić information content (AvgIpc) is 3.34. The van der Waals surface area contributed by atoms with Crippen LogP contribution in [-0.4, -0.2) is 82.1 Å². The third-order valence-corrected chi connectivity index (χ3v) is 7.50. The van der Waals surface area contributed by atoms with Crippen molar-refractivity contribution in [3.8, 4) is 11.5 Å². The molecule has 0 spiro atoms. The summed E-state index contributed by atoms with van der Waals surface area (Å²) in [5.74, 6) is -1.74. The van der Waals surface area contributed by atoms with Crippen LogP contribution in [0.4, 0.5) is 4.79 Å². The number of rotatable bonds is 9. The molecule has 216 valence electrons. The Labute approximate surface area is 234 Å². The van der Waals surface area contributed by atoms with Crippen LogP contribution in [0.2, 0.25) is 0 Å². The van der Waals surface area contributed by atoms with Crippen LogP contribution in [0.3, 0.4) is 0 Å². The van der Waals surface area contributed by atoms with Gasteiger partial charge in [-0.25, -0.2) is 9.59 Å². The second-order valence-electron chi connectivity index (χ2n) is 10.4. The predicted molar refractivity (Wildman–Crippen MR) is 140 cm³/mol. The number of thioether (sulfide) groups is 1. The Balaban J connectivity index is 1.46. The van der Waals surface area contributed by atoms with Gasteiger partial charge in [0.2, 0.25) is 12.7 Å². The number of nitrogens with zero attached hydrogens (tertiary/aromatic N) is 1. The van der Waals surface area contributed by atoms with Gasteiger partial charge >= 0.3 is 18.0 Å². The van der Waals surface area contributed by atoms with E-state index in [2.05, 4.69) is 10.6 Å². The summed E-state index contributed by atoms with van der Waals surface area (Å²) >= 11 is 1.24. The van der Waals surface area contributed by atoms with E-state index in [9.17, 15) is 29.1 Å². The maximum atomic E-state index is 13.3. The summed E-state index contributed by atoms with van der Waals surface area (Å²) in [5.41, 5.74) is 0.0787. The highest BCUT2D eigenvalue weighted by atomic mass is 32.2. The van der Waals surface area contributed by atoms with Gasteiger partial charge in [0.05, 0.1) is 0 Å². The Morgan fingerprint density at radius 2 is 1.93 bits per heavy atom. The Hall–Kier alpha value is -3.94. The average molecular weight is 578 g/mol. The molecule has 13 nitrogen and oxygen atoms in total. The molecule has 3 atom stereocenters. The number of esters is 1. The number of carboxylic acid groups (broad SMARTS) is 1. The molecule has 0 aromatic heterocycles. The van der Waals surface area contributed by atoms with Crippen molar-refractivity contribution in [2.75, 3.05) is 19.2 Å². The third-order valence-electron chi connectivity index (χ3n) is 6.16. The molecule has 3 heterocycles. The van der Waals surface area contributed by atoms with E-state index in [4.69, 9.17) is 18.9 Å². The largest absolute Gasteiger partial charge is 0.477 e. The summed E-state index contributed by atoms with van der Waals surface area (Å²) < 4.78 is 21.0. The number of ether oxygens (including phenoxy) is 4. The van der Waals surface area contributed by atoms with Gasteiger partial charge in [0.15, 0.2) is 11.5 Å². The fraction of sp³-hybridized carbons (Fsp3) is 0.500. The molecule has 14 heteroatoms. The molecule has 0 radical (unpaired) electrons. The number of fused-ring (bicyclic) bond motifs is 2. The van der Waals surface area contributed by atoms with Crippen molar-refractivity contribution in [3.05, 3.63) is 35.0 Å². The van der Waals surface area contributed by atoms with Crippen molar-refractivity contribution in [2.45, 2.75) is 63.6 Å². The van der Waals surface area contributed by atoms with Crippen LogP contribution in [0.25, 0.3) is 0 Å². The molecule has 3 aliphatic heterocycles. The number of alkyl carbamates (subject to hydrolysis) is 1. The number of carbonyl (C=O) groups is 5. The monoisotopic (exact) mass is 577 g/mol. The van der Waals surface area contributed by atoms with E-state index in [-0.39, 0.29) is 36.8 Å². The van der Waals surface area contributed by atoms with Gasteiger partial charge in [0.1, 0.15) is 35.4 Å². The number of carboxylic acids is 1. The smallest absolute Gasteiger partial charge is 0.408 e. The van der Waals surface area contributed by atoms with E-state index in [1.807, 2.05) is 6.07 Å². The Morgan fingerprint density at radius 3 is 2.60 bits per heavy atom. The predicted octanol–water partition coefficient (Wildman–Crippen LogP) is 1.54. The van der Waals surface area contributed by atoms with E-state index in [1.165, 1.54) is 18.7 Å². The quantitative estimate of drug-likeness (QED) is 0.287. The first kappa shape index (κ1) is 29.1. The van der Waals surface area contributed by atoms with Crippen LogP contribution in [0, 0.1) is 0 Å². The minimum Gasteiger partial charge on any atom is -0.477 e. The standard InChI is InChI=1S/C26H31N3O10S/c1-13(30)36-10-15-11-40-23-19(22(32)29(23)20(15)24(33)34)28-21(31)16(27-25(35)39-26(2,3)4)7-5-14-6-8-17-18(9-14)38-12-37-17/h6,8-9,16,19,23H,5,7,10-12H2,1-4H3,(H,27,35)(H,28,31)(H,33,34)/t16?,19-,23-/m1/s1. The maximum Gasteiger partial charge on any atom is 0.408 e. The van der Waals surface area contributed by atoms with Gasteiger partial charge in [0.25, 0.3) is 5.91 Å². The molecule has 4 rings (SSSR count). The molecule has 1 unspecified atom stereocenters. The minimum absolute atomic E-state index is 0.125. The zero-order valence-corrected chi connectivity index (χ0v) is 23.3. The topological polar surface area (TPSA) is 170 Å². The van der Waals surface area contributed by atoms with E-state index in [1.54, 1.807) is 32.9 Å². The number of aliphatic carboxylic acids is 1. The van der Waals surface area contributed by atoms with Gasteiger partial charge in [-0.1, -0.05) is 6.07 Å². The van der Waals surface area contributed by atoms with E-state index in [0.29, 0.717) is 17.9 Å². The Morgan fingerprint density at radius 1 is 1.20 bits per heavy atom. The fourth-order valence-electron chi connectivity index (χ4n) is 4.36. The highest BCUT2D eigenvalue weighted by molar-refractivity contribution is 8.00. The van der Waals surface area contributed by atoms with Crippen molar-refractivity contribution in [2.24, 2.45) is 0 Å². The molecule has 3 amide bonds. The zero-order valence-electron chi connectivity index (χ0n) is 22.5. The maximum absolute atomic E-state index is 13.3. The second kappa shape index (κ2) is 11.7. The van der Waals surface area contributed by atoms with Gasteiger partial charge < -0.3 is 34.7 Å². The summed E-state index contributed by atoms with van der Waals surface area (Å²) in [6.07, 6.45) is -0.225. The lowest BCUT2D eigenvalue weighted by Crippen LogP contribution is -2.71. The summed E-state index contributed by atoms with van der Waals surface area (Å²) in [5, 5.41) is 14.3. The Bertz CT molecular complexity index is 1260. The highest BCUT2D eigenvalue weighted by Gasteiger charge is 2.54. The van der Waals surface area contributed by atoms with E-state index in [0.717, 1.165) is 10.5 Å². The zero-order chi connectivity index (χ0) is 29.2. The molecule has 1 aromatic rings. The lowest BCUT2D eigenvalue weighted by molar-refractivity contribution is -0.151. The molecular weight excluding hydrogens is 546 g/mol. The molecule has 3 N–H and O–H groups in total. The summed E-state index contributed by atoms with van der Waals surface area (Å²) in [4.78, 5) is 63.1. The van der Waals surface area contributed by atoms with E-state index < -0.39 is 52.9 Å². The minimum atomic E-state index is -1.33. The molecule has 1 saturated heterocycles. The molecule has 0 bridgehead atoms. The molecule has 40 heavy (non-hydrogen) atoms. The number of β-lactam (4-membered cyclic amide) rings is 1. The van der Waals surface area contributed by atoms with Crippen LogP contribution in [0.5, 0.6) is 11.5 Å². The van der Waals surface area contributed by atoms with Gasteiger partial charge in [-0.05, 0) is 51.3 Å². The number of aryl methyl sites for hydroxylation is 1. The van der Waals surface area contributed by atoms with Crippen LogP contribution in [0.15, 0.2) is 29.5 Å². The third kappa shape index (κ3) is 6.61. The van der Waals surface area contributed by atoms with Gasteiger partial charge in [-0.2, -0.15) is 0 Å². The SMILES string of the molecule is CC(=O)OCC1=C(C(=O)O)N2C(=O)[C@@H](NC(=O)C(CCc3ccc4c(c3)OCO4)NC(=O)OC(C)(C)C)[C@H]2SC1. The normalized spacial score (nSPS) is 20.2. The van der Waals surface area contributed by atoms with Crippen molar-refractivity contribution in [1.82, 2.24) is 15.5 Å². The number of hydrogen-bond donors (Lipinski definition) is 3. The fourth-order valence-corrected chi connectivity index (χ4v) is 5.69. The molecule has 1 fully saturated rings. The number of carbonyl (C=O) groups excluding carboxylic acids is 4. The molecule has 1 aromatic carbocycles. The molecular formula is C26H31N3O10S. The number of amides is 3. The first-order valence-corrected chi connectivity index (χ1v) is 13.6. The second-order valence-corrected chi connectivity index (χ2v) is 11.5. The highest BCUT2D eigenvalue weighted by Crippen LogP contribution is 2.40. The van der Waals surface area contributed by atoms with Crippen LogP contribution < -0.4 is 20.1 Å². The van der Waals surface area contributed by atoms with Crippen LogP contribution in [-0.2, 0) is 35.1 Å². The van der Waals surface area contributed by atoms with Gasteiger partial charge in [-0.15, -0.1) is 11.8 Å². The molecule has 0 aliphatic carbocycles. The van der Waals surface area contributed by atoms with Crippen LogP contribution in [0.1, 0.15) is 39.7 Å². The van der Waals surface area contributed by atoms with Crippen LogP contribution >= 0.6 is 11.8 Å². The van der Waals surface area contributed by atoms with Gasteiger partial charge in [0, 0.05) is 18.2 Å². The van der Waals surface area contributed by atoms with Crippen molar-refractivity contribution >= 4 is 41.6 Å². The van der Waals surface area contributed by atoms with Crippen molar-refractivity contribution in [1.29, 1.82) is 0 Å². The summed E-state index contributed by atoms with van der Waals surface area (Å²) in [6.45, 7) is 6.16. The first-order valence-electron chi connectivity index (χ1n) is 12.6. The summed E-state index contributed by atoms with van der Waals surface area (Å²) in [7, 11) is 0. The first-order chi connectivity index (χ1) is 18.8. The number of benzene rings is 1. The summed E-state index contributed by atoms with van der Waals surface area (Å²) in [6, 6.07) is 3.33. The lowest BCUT2D eigenvalue weighted by atomic mass is 10.0. The lowest BCUT2D eigenvalue weighted by Gasteiger charge is -2.49. The van der Waals surface area contributed by atoms with Gasteiger partial charge in [-0.3, -0.25) is 19.3 Å². The molecule has 3 aliphatic rings. The number of nitrogens with one attached hydrogen (secondary N) is 2. The molecule has 0 saturated carbocycles. The van der Waals surface area contributed by atoms with E-state index >= 15 is 0 Å².